The number of pyridine rings is 1. The van der Waals surface area contributed by atoms with Crippen molar-refractivity contribution in [3.63, 3.8) is 0 Å². The molecule has 4 rings (SSSR count). The van der Waals surface area contributed by atoms with E-state index < -0.39 is 29.4 Å². The molecule has 1 unspecified atom stereocenters. The van der Waals surface area contributed by atoms with E-state index in [2.05, 4.69) is 10.3 Å². The van der Waals surface area contributed by atoms with Crippen LogP contribution in [-0.2, 0) is 16.0 Å². The number of hydrogen-bond donors (Lipinski definition) is 1. The molecule has 1 amide bonds. The molecule has 0 aliphatic rings. The molecule has 0 spiro atoms. The molecule has 0 saturated heterocycles. The number of hydrogen-bond acceptors (Lipinski definition) is 9. The Morgan fingerprint density at radius 1 is 1.04 bits per heavy atom. The lowest BCUT2D eigenvalue weighted by Crippen LogP contribution is -2.37. The minimum absolute atomic E-state index is 0.0505. The summed E-state index contributed by atoms with van der Waals surface area (Å²) in [5, 5.41) is 4.14. The van der Waals surface area contributed by atoms with Crippen molar-refractivity contribution in [1.29, 1.82) is 0 Å². The van der Waals surface area contributed by atoms with Crippen molar-refractivity contribution >= 4 is 28.7 Å². The number of aryl methyl sites for hydroxylation is 1. The molecule has 46 heavy (non-hydrogen) atoms. The highest BCUT2D eigenvalue weighted by Crippen LogP contribution is 2.27. The Bertz CT molecular complexity index is 1790. The van der Waals surface area contributed by atoms with Crippen LogP contribution in [0.2, 0.25) is 0 Å². The third kappa shape index (κ3) is 8.80. The number of fused-ring (bicyclic) bond motifs is 1. The van der Waals surface area contributed by atoms with Gasteiger partial charge in [-0.25, -0.2) is 24.1 Å². The number of imidazole rings is 1. The van der Waals surface area contributed by atoms with Gasteiger partial charge in [0.2, 0.25) is 5.78 Å². The van der Waals surface area contributed by atoms with Crippen molar-refractivity contribution < 1.29 is 28.3 Å². The summed E-state index contributed by atoms with van der Waals surface area (Å²) in [7, 11) is 0. The van der Waals surface area contributed by atoms with E-state index in [1.54, 1.807) is 82.8 Å². The molecule has 0 saturated carbocycles. The number of aromatic nitrogens is 4. The highest BCUT2D eigenvalue weighted by molar-refractivity contribution is 5.91. The monoisotopic (exact) mass is 631 g/mol. The quantitative estimate of drug-likeness (QED) is 0.147. The van der Waals surface area contributed by atoms with E-state index in [1.807, 2.05) is 19.1 Å². The lowest BCUT2D eigenvalue weighted by molar-refractivity contribution is 0.0473. The standard InChI is InChI=1S/C34H41N5O7/c1-8-38-18-16-22-20-23(14-15-24(22)30(38)41)26-21-39(32(43)46-34(5,6)7)28(36-26)25(37-31(42)45-33(2,3)4)12-10-9-11-13-27(40)29-35-17-19-44-29/h9-10,14-21,25H,8,11-13H2,1-7H3,(H,37,42). The minimum Gasteiger partial charge on any atom is -0.444 e. The molecule has 0 aliphatic carbocycles. The van der Waals surface area contributed by atoms with Crippen LogP contribution in [0.4, 0.5) is 9.59 Å². The van der Waals surface area contributed by atoms with Crippen molar-refractivity contribution in [2.24, 2.45) is 0 Å². The zero-order valence-electron chi connectivity index (χ0n) is 27.3. The van der Waals surface area contributed by atoms with Crippen molar-refractivity contribution in [3.8, 4) is 11.3 Å². The molecule has 12 nitrogen and oxygen atoms in total. The van der Waals surface area contributed by atoms with Crippen LogP contribution in [0, 0.1) is 0 Å². The zero-order valence-corrected chi connectivity index (χ0v) is 27.3. The lowest BCUT2D eigenvalue weighted by Gasteiger charge is -2.24. The first-order valence-electron chi connectivity index (χ1n) is 15.2. The Balaban J connectivity index is 1.70. The van der Waals surface area contributed by atoms with Crippen molar-refractivity contribution in [1.82, 2.24) is 24.4 Å². The van der Waals surface area contributed by atoms with E-state index in [0.717, 1.165) is 5.39 Å². The fourth-order valence-electron chi connectivity index (χ4n) is 4.64. The number of allylic oxidation sites excluding steroid dienone is 1. The predicted octanol–water partition coefficient (Wildman–Crippen LogP) is 6.83. The number of carbonyl (C=O) groups excluding carboxylic acids is 3. The maximum absolute atomic E-state index is 13.5. The van der Waals surface area contributed by atoms with Crippen LogP contribution in [0.1, 0.15) is 90.3 Å². The maximum Gasteiger partial charge on any atom is 0.420 e. The van der Waals surface area contributed by atoms with Gasteiger partial charge in [0.15, 0.2) is 0 Å². The van der Waals surface area contributed by atoms with E-state index in [-0.39, 0.29) is 35.9 Å². The normalized spacial score (nSPS) is 12.8. The highest BCUT2D eigenvalue weighted by atomic mass is 16.6. The van der Waals surface area contributed by atoms with Gasteiger partial charge >= 0.3 is 12.2 Å². The fourth-order valence-corrected chi connectivity index (χ4v) is 4.64. The Morgan fingerprint density at radius 2 is 1.78 bits per heavy atom. The van der Waals surface area contributed by atoms with Crippen LogP contribution in [0.15, 0.2) is 70.5 Å². The summed E-state index contributed by atoms with van der Waals surface area (Å²) in [4.78, 5) is 60.2. The van der Waals surface area contributed by atoms with Crippen molar-refractivity contribution in [2.75, 3.05) is 0 Å². The molecule has 0 bridgehead atoms. The maximum atomic E-state index is 13.5. The number of nitrogens with one attached hydrogen (secondary N) is 1. The molecular weight excluding hydrogens is 590 g/mol. The molecule has 12 heteroatoms. The third-order valence-electron chi connectivity index (χ3n) is 6.69. The molecular formula is C34H41N5O7. The minimum atomic E-state index is -0.813. The van der Waals surface area contributed by atoms with Crippen molar-refractivity contribution in [2.45, 2.75) is 91.5 Å². The van der Waals surface area contributed by atoms with Gasteiger partial charge in [-0.1, -0.05) is 18.2 Å². The third-order valence-corrected chi connectivity index (χ3v) is 6.69. The van der Waals surface area contributed by atoms with E-state index in [9.17, 15) is 19.2 Å². The van der Waals surface area contributed by atoms with Gasteiger partial charge in [0.1, 0.15) is 23.3 Å². The average Bonchev–Trinajstić information content (AvgIpc) is 3.66. The Kier molecular flexibility index (Phi) is 10.3. The summed E-state index contributed by atoms with van der Waals surface area (Å²) < 4.78 is 19.2. The summed E-state index contributed by atoms with van der Waals surface area (Å²) in [5.74, 6) is 0.0406. The molecule has 3 aromatic heterocycles. The number of Topliss-reactive ketones (excluding diaryl/α,β-unsaturated/α-hetero) is 1. The number of oxazole rings is 1. The highest BCUT2D eigenvalue weighted by Gasteiger charge is 2.28. The largest absolute Gasteiger partial charge is 0.444 e. The number of nitrogens with zero attached hydrogens (tertiary/aromatic N) is 4. The van der Waals surface area contributed by atoms with Crippen LogP contribution in [-0.4, -0.2) is 48.3 Å². The molecule has 0 radical (unpaired) electrons. The summed E-state index contributed by atoms with van der Waals surface area (Å²) in [6.07, 6.45) is 9.10. The van der Waals surface area contributed by atoms with Crippen molar-refractivity contribution in [3.05, 3.63) is 83.3 Å². The Hall–Kier alpha value is -5.00. The van der Waals surface area contributed by atoms with Gasteiger partial charge in [-0.05, 0) is 84.9 Å². The molecule has 244 valence electrons. The second-order valence-electron chi connectivity index (χ2n) is 12.7. The van der Waals surface area contributed by atoms with Gasteiger partial charge < -0.3 is 23.8 Å². The topological polar surface area (TPSA) is 148 Å². The Morgan fingerprint density at radius 3 is 2.43 bits per heavy atom. The number of benzene rings is 1. The van der Waals surface area contributed by atoms with E-state index in [1.165, 1.54) is 17.0 Å². The molecule has 1 aromatic carbocycles. The second kappa shape index (κ2) is 14.0. The first kappa shape index (κ1) is 33.9. The smallest absolute Gasteiger partial charge is 0.420 e. The SMILES string of the molecule is CCn1ccc2cc(-c3cn(C(=O)OC(C)(C)C)c(C(CC=CCCC(=O)c4ncco4)NC(=O)OC(C)(C)C)n3)ccc2c1=O. The summed E-state index contributed by atoms with van der Waals surface area (Å²) in [6, 6.07) is 6.40. The molecule has 1 atom stereocenters. The van der Waals surface area contributed by atoms with E-state index >= 15 is 0 Å². The van der Waals surface area contributed by atoms with Gasteiger partial charge in [0.05, 0.1) is 17.9 Å². The zero-order chi connectivity index (χ0) is 33.6. The number of ketones is 1. The molecule has 1 N–H and O–H groups in total. The number of amides is 1. The molecule has 4 aromatic rings. The van der Waals surface area contributed by atoms with Crippen LogP contribution in [0.25, 0.3) is 22.0 Å². The van der Waals surface area contributed by atoms with E-state index in [4.69, 9.17) is 18.9 Å². The van der Waals surface area contributed by atoms with Crippen LogP contribution in [0.5, 0.6) is 0 Å². The average molecular weight is 632 g/mol. The van der Waals surface area contributed by atoms with Crippen LogP contribution < -0.4 is 10.9 Å². The number of carbonyl (C=O) groups is 3. The fraction of sp³-hybridized carbons (Fsp3) is 0.412. The Labute approximate surface area is 267 Å². The molecule has 0 aliphatic heterocycles. The lowest BCUT2D eigenvalue weighted by atomic mass is 10.1. The van der Waals surface area contributed by atoms with Gasteiger partial charge in [0.25, 0.3) is 11.4 Å². The second-order valence-corrected chi connectivity index (χ2v) is 12.7. The molecule has 3 heterocycles. The summed E-state index contributed by atoms with van der Waals surface area (Å²) in [6.45, 7) is 13.0. The van der Waals surface area contributed by atoms with Crippen LogP contribution in [0.3, 0.4) is 0 Å². The van der Waals surface area contributed by atoms with Gasteiger partial charge in [-0.2, -0.15) is 0 Å². The first-order valence-corrected chi connectivity index (χ1v) is 15.2. The number of rotatable bonds is 10. The summed E-state index contributed by atoms with van der Waals surface area (Å²) in [5.41, 5.74) is -0.551. The van der Waals surface area contributed by atoms with Gasteiger partial charge in [-0.3, -0.25) is 9.59 Å². The summed E-state index contributed by atoms with van der Waals surface area (Å²) >= 11 is 0. The van der Waals surface area contributed by atoms with Crippen LogP contribution >= 0.6 is 0 Å². The predicted molar refractivity (Wildman–Crippen MR) is 173 cm³/mol. The molecule has 0 fully saturated rings. The van der Waals surface area contributed by atoms with Gasteiger partial charge in [0, 0.05) is 36.3 Å². The van der Waals surface area contributed by atoms with E-state index in [0.29, 0.717) is 29.6 Å². The number of ether oxygens (including phenoxy) is 2. The number of alkyl carbamates (subject to hydrolysis) is 1. The van der Waals surface area contributed by atoms with Gasteiger partial charge in [-0.15, -0.1) is 0 Å². The first-order chi connectivity index (χ1) is 21.6.